The predicted molar refractivity (Wildman–Crippen MR) is 66.8 cm³/mol. The molecule has 0 saturated heterocycles. The Bertz CT molecular complexity index is 310. The summed E-state index contributed by atoms with van der Waals surface area (Å²) in [7, 11) is 0. The largest absolute Gasteiger partial charge is 0.119 e. The zero-order chi connectivity index (χ0) is 11.1. The van der Waals surface area contributed by atoms with Crippen molar-refractivity contribution >= 4 is 0 Å². The molecule has 0 bridgehead atoms. The third-order valence-electron chi connectivity index (χ3n) is 2.96. The van der Waals surface area contributed by atoms with E-state index in [1.54, 1.807) is 0 Å². The third-order valence-corrected chi connectivity index (χ3v) is 2.96. The Labute approximate surface area is 93.7 Å². The molecule has 1 rings (SSSR count). The Kier molecular flexibility index (Phi) is 4.43. The van der Waals surface area contributed by atoms with Crippen LogP contribution in [0.25, 0.3) is 0 Å². The second-order valence-corrected chi connectivity index (χ2v) is 4.09. The van der Waals surface area contributed by atoms with Crippen LogP contribution in [0.3, 0.4) is 0 Å². The van der Waals surface area contributed by atoms with E-state index in [9.17, 15) is 0 Å². The molecule has 0 saturated carbocycles. The van der Waals surface area contributed by atoms with Crippen LogP contribution in [0.1, 0.15) is 45.1 Å². The average molecular weight is 200 g/mol. The van der Waals surface area contributed by atoms with Crippen LogP contribution in [0.2, 0.25) is 0 Å². The van der Waals surface area contributed by atoms with Gasteiger partial charge >= 0.3 is 0 Å². The molecule has 0 amide bonds. The lowest BCUT2D eigenvalue weighted by Crippen LogP contribution is -2.23. The molecule has 80 valence electrons. The highest BCUT2D eigenvalue weighted by molar-refractivity contribution is 5.34. The molecule has 0 fully saturated rings. The second kappa shape index (κ2) is 5.61. The normalized spacial score (nSPS) is 11.0. The van der Waals surface area contributed by atoms with E-state index in [-0.39, 0.29) is 5.41 Å². The van der Waals surface area contributed by atoms with E-state index in [1.807, 2.05) is 6.07 Å². The molecular weight excluding hydrogens is 180 g/mol. The van der Waals surface area contributed by atoms with Gasteiger partial charge in [-0.1, -0.05) is 62.9 Å². The summed E-state index contributed by atoms with van der Waals surface area (Å²) in [6.07, 6.45) is 10.2. The first-order valence-electron chi connectivity index (χ1n) is 5.82. The Balaban J connectivity index is 3.05. The molecular formula is C15H20. The molecule has 0 nitrogen and oxygen atoms in total. The summed E-state index contributed by atoms with van der Waals surface area (Å²) in [5.41, 5.74) is 1.27. The van der Waals surface area contributed by atoms with Crippen molar-refractivity contribution in [2.45, 2.75) is 44.9 Å². The summed E-state index contributed by atoms with van der Waals surface area (Å²) in [6, 6.07) is 10.5. The smallest absolute Gasteiger partial charge is 0.0559 e. The van der Waals surface area contributed by atoms with Crippen molar-refractivity contribution in [3.8, 4) is 12.3 Å². The molecule has 0 aliphatic rings. The molecule has 0 radical (unpaired) electrons. The standard InChI is InChI=1S/C15H20/c1-4-12-15(6-3,13-5-2)14-10-8-7-9-11-14/h3,7-11H,4-5,12-13H2,1-2H3. The first-order chi connectivity index (χ1) is 7.29. The molecule has 0 unspecified atom stereocenters. The minimum absolute atomic E-state index is 0.0369. The van der Waals surface area contributed by atoms with E-state index in [0.29, 0.717) is 0 Å². The lowest BCUT2D eigenvalue weighted by molar-refractivity contribution is 0.459. The molecule has 0 heterocycles. The van der Waals surface area contributed by atoms with Crippen molar-refractivity contribution in [2.24, 2.45) is 0 Å². The minimum Gasteiger partial charge on any atom is -0.119 e. The van der Waals surface area contributed by atoms with Crippen molar-refractivity contribution in [3.63, 3.8) is 0 Å². The summed E-state index contributed by atoms with van der Waals surface area (Å²) < 4.78 is 0. The van der Waals surface area contributed by atoms with Crippen LogP contribution in [0.15, 0.2) is 30.3 Å². The predicted octanol–water partition coefficient (Wildman–Crippen LogP) is 4.16. The van der Waals surface area contributed by atoms with Crippen LogP contribution in [0, 0.1) is 12.3 Å². The van der Waals surface area contributed by atoms with Gasteiger partial charge in [0, 0.05) is 0 Å². The van der Waals surface area contributed by atoms with Gasteiger partial charge in [0.25, 0.3) is 0 Å². The SMILES string of the molecule is C#CC(CCC)(CCC)c1ccccc1. The van der Waals surface area contributed by atoms with Gasteiger partial charge in [-0.15, -0.1) is 6.42 Å². The van der Waals surface area contributed by atoms with Gasteiger partial charge in [-0.05, 0) is 18.4 Å². The van der Waals surface area contributed by atoms with Crippen LogP contribution < -0.4 is 0 Å². The molecule has 0 aliphatic carbocycles. The highest BCUT2D eigenvalue weighted by atomic mass is 14.3. The number of hydrogen-bond acceptors (Lipinski definition) is 0. The van der Waals surface area contributed by atoms with E-state index in [4.69, 9.17) is 6.42 Å². The lowest BCUT2D eigenvalue weighted by Gasteiger charge is -2.28. The number of terminal acetylenes is 1. The van der Waals surface area contributed by atoms with Crippen LogP contribution in [0.4, 0.5) is 0 Å². The van der Waals surface area contributed by atoms with Crippen molar-refractivity contribution in [2.75, 3.05) is 0 Å². The maximum atomic E-state index is 5.76. The number of hydrogen-bond donors (Lipinski definition) is 0. The van der Waals surface area contributed by atoms with Gasteiger partial charge in [0.15, 0.2) is 0 Å². The Morgan fingerprint density at radius 2 is 1.60 bits per heavy atom. The average Bonchev–Trinajstić information content (AvgIpc) is 2.30. The second-order valence-electron chi connectivity index (χ2n) is 4.09. The topological polar surface area (TPSA) is 0 Å². The lowest BCUT2D eigenvalue weighted by atomic mass is 9.74. The fourth-order valence-corrected chi connectivity index (χ4v) is 2.25. The molecule has 1 aromatic carbocycles. The first kappa shape index (κ1) is 11.9. The molecule has 0 N–H and O–H groups in total. The Morgan fingerprint density at radius 3 is 2.00 bits per heavy atom. The van der Waals surface area contributed by atoms with Crippen molar-refractivity contribution < 1.29 is 0 Å². The van der Waals surface area contributed by atoms with Crippen molar-refractivity contribution in [1.82, 2.24) is 0 Å². The zero-order valence-corrected chi connectivity index (χ0v) is 9.79. The van der Waals surface area contributed by atoms with Crippen LogP contribution in [-0.4, -0.2) is 0 Å². The molecule has 0 heteroatoms. The maximum absolute atomic E-state index is 5.76. The monoisotopic (exact) mass is 200 g/mol. The van der Waals surface area contributed by atoms with E-state index < -0.39 is 0 Å². The fourth-order valence-electron chi connectivity index (χ4n) is 2.25. The highest BCUT2D eigenvalue weighted by Crippen LogP contribution is 2.33. The molecule has 0 aromatic heterocycles. The maximum Gasteiger partial charge on any atom is 0.0559 e. The van der Waals surface area contributed by atoms with E-state index in [0.717, 1.165) is 25.7 Å². The van der Waals surface area contributed by atoms with Gasteiger partial charge in [-0.3, -0.25) is 0 Å². The van der Waals surface area contributed by atoms with Gasteiger partial charge in [0.05, 0.1) is 5.41 Å². The van der Waals surface area contributed by atoms with Crippen LogP contribution in [0.5, 0.6) is 0 Å². The molecule has 15 heavy (non-hydrogen) atoms. The minimum atomic E-state index is -0.0369. The summed E-state index contributed by atoms with van der Waals surface area (Å²) in [5, 5.41) is 0. The number of rotatable bonds is 5. The molecule has 0 atom stereocenters. The fraction of sp³-hybridized carbons (Fsp3) is 0.467. The summed E-state index contributed by atoms with van der Waals surface area (Å²) >= 11 is 0. The first-order valence-corrected chi connectivity index (χ1v) is 5.82. The highest BCUT2D eigenvalue weighted by Gasteiger charge is 2.27. The van der Waals surface area contributed by atoms with Crippen LogP contribution in [-0.2, 0) is 5.41 Å². The molecule has 0 aliphatic heterocycles. The van der Waals surface area contributed by atoms with E-state index in [1.165, 1.54) is 5.56 Å². The molecule has 0 spiro atoms. The van der Waals surface area contributed by atoms with Gasteiger partial charge in [0.1, 0.15) is 0 Å². The summed E-state index contributed by atoms with van der Waals surface area (Å²) in [5.74, 6) is 3.03. The van der Waals surface area contributed by atoms with Gasteiger partial charge in [-0.25, -0.2) is 0 Å². The van der Waals surface area contributed by atoms with Crippen LogP contribution >= 0.6 is 0 Å². The quantitative estimate of drug-likeness (QED) is 0.626. The summed E-state index contributed by atoms with van der Waals surface area (Å²) in [6.45, 7) is 4.40. The van der Waals surface area contributed by atoms with Gasteiger partial charge in [0.2, 0.25) is 0 Å². The van der Waals surface area contributed by atoms with Gasteiger partial charge < -0.3 is 0 Å². The Hall–Kier alpha value is -1.22. The van der Waals surface area contributed by atoms with E-state index in [2.05, 4.69) is 44.0 Å². The summed E-state index contributed by atoms with van der Waals surface area (Å²) in [4.78, 5) is 0. The van der Waals surface area contributed by atoms with Crippen molar-refractivity contribution in [1.29, 1.82) is 0 Å². The number of benzene rings is 1. The van der Waals surface area contributed by atoms with Crippen molar-refractivity contribution in [3.05, 3.63) is 35.9 Å². The van der Waals surface area contributed by atoms with E-state index >= 15 is 0 Å². The Morgan fingerprint density at radius 1 is 1.07 bits per heavy atom. The molecule has 1 aromatic rings. The third kappa shape index (κ3) is 2.63. The van der Waals surface area contributed by atoms with Gasteiger partial charge in [-0.2, -0.15) is 0 Å². The zero-order valence-electron chi connectivity index (χ0n) is 9.79.